The molecule has 0 atom stereocenters. The van der Waals surface area contributed by atoms with Gasteiger partial charge in [0, 0.05) is 12.4 Å². The third-order valence-electron chi connectivity index (χ3n) is 2.20. The number of aromatic nitrogens is 1. The van der Waals surface area contributed by atoms with E-state index in [1.54, 1.807) is 0 Å². The predicted octanol–water partition coefficient (Wildman–Crippen LogP) is 2.35. The van der Waals surface area contributed by atoms with Gasteiger partial charge in [0.25, 0.3) is 0 Å². The molecule has 2 rings (SSSR count). The lowest BCUT2D eigenvalue weighted by molar-refractivity contribution is -0.113. The Morgan fingerprint density at radius 3 is 2.56 bits per heavy atom. The van der Waals surface area contributed by atoms with Crippen LogP contribution in [0.25, 0.3) is 5.69 Å². The third-order valence-corrected chi connectivity index (χ3v) is 2.49. The van der Waals surface area contributed by atoms with Gasteiger partial charge in [-0.1, -0.05) is 12.1 Å². The Labute approximate surface area is 99.5 Å². The van der Waals surface area contributed by atoms with E-state index in [0.717, 1.165) is 11.4 Å². The minimum atomic E-state index is -0.108. The van der Waals surface area contributed by atoms with E-state index >= 15 is 0 Å². The molecular weight excluding hydrogens is 220 g/mol. The highest BCUT2D eigenvalue weighted by Crippen LogP contribution is 2.19. The number of hydrogen-bond acceptors (Lipinski definition) is 2. The Morgan fingerprint density at radius 1 is 1.19 bits per heavy atom. The summed E-state index contributed by atoms with van der Waals surface area (Å²) in [5, 5.41) is 2.81. The zero-order valence-electron chi connectivity index (χ0n) is 8.63. The highest BCUT2D eigenvalue weighted by Gasteiger charge is 2.05. The van der Waals surface area contributed by atoms with Crippen molar-refractivity contribution in [2.45, 2.75) is 0 Å². The maximum Gasteiger partial charge on any atom is 0.234 e. The van der Waals surface area contributed by atoms with Gasteiger partial charge in [-0.05, 0) is 24.3 Å². The summed E-state index contributed by atoms with van der Waals surface area (Å²) in [7, 11) is 0. The molecule has 1 heterocycles. The lowest BCUT2D eigenvalue weighted by Gasteiger charge is -2.10. The second-order valence-corrected chi connectivity index (χ2v) is 3.63. The molecule has 0 aliphatic heterocycles. The van der Waals surface area contributed by atoms with Gasteiger partial charge in [0.05, 0.1) is 17.1 Å². The zero-order valence-corrected chi connectivity index (χ0v) is 9.52. The molecule has 0 saturated heterocycles. The number of anilines is 1. The predicted molar refractivity (Wildman–Crippen MR) is 68.3 cm³/mol. The monoisotopic (exact) mass is 232 g/mol. The summed E-state index contributed by atoms with van der Waals surface area (Å²) in [4.78, 5) is 11.3. The van der Waals surface area contributed by atoms with E-state index in [9.17, 15) is 4.79 Å². The van der Waals surface area contributed by atoms with Crippen molar-refractivity contribution in [2.24, 2.45) is 0 Å². The average molecular weight is 232 g/mol. The van der Waals surface area contributed by atoms with Crippen LogP contribution in [0.15, 0.2) is 48.8 Å². The molecule has 1 N–H and O–H groups in total. The van der Waals surface area contributed by atoms with Crippen molar-refractivity contribution in [3.05, 3.63) is 48.8 Å². The van der Waals surface area contributed by atoms with E-state index in [4.69, 9.17) is 0 Å². The van der Waals surface area contributed by atoms with Gasteiger partial charge < -0.3 is 9.88 Å². The SMILES string of the molecule is O=C(CS)Nc1ccccc1-n1cccc1. The number of carbonyl (C=O) groups excluding carboxylic acids is 1. The van der Waals surface area contributed by atoms with Gasteiger partial charge in [-0.25, -0.2) is 0 Å². The van der Waals surface area contributed by atoms with Crippen molar-refractivity contribution in [2.75, 3.05) is 11.1 Å². The summed E-state index contributed by atoms with van der Waals surface area (Å²) in [6, 6.07) is 11.5. The first-order chi connectivity index (χ1) is 7.81. The van der Waals surface area contributed by atoms with Crippen LogP contribution in [0.2, 0.25) is 0 Å². The molecule has 2 aromatic rings. The van der Waals surface area contributed by atoms with Gasteiger partial charge in [0.15, 0.2) is 0 Å². The number of carbonyl (C=O) groups is 1. The molecule has 0 spiro atoms. The lowest BCUT2D eigenvalue weighted by Crippen LogP contribution is -2.14. The Bertz CT molecular complexity index is 480. The zero-order chi connectivity index (χ0) is 11.4. The van der Waals surface area contributed by atoms with E-state index < -0.39 is 0 Å². The van der Waals surface area contributed by atoms with E-state index in [0.29, 0.717) is 0 Å². The van der Waals surface area contributed by atoms with Gasteiger partial charge in [-0.3, -0.25) is 4.79 Å². The molecule has 1 aromatic carbocycles. The van der Waals surface area contributed by atoms with Gasteiger partial charge in [0.1, 0.15) is 0 Å². The van der Waals surface area contributed by atoms with E-state index in [2.05, 4.69) is 17.9 Å². The van der Waals surface area contributed by atoms with Crippen LogP contribution in [0, 0.1) is 0 Å². The van der Waals surface area contributed by atoms with Crippen molar-refractivity contribution < 1.29 is 4.79 Å². The van der Waals surface area contributed by atoms with Crippen LogP contribution < -0.4 is 5.32 Å². The molecular formula is C12H12N2OS. The molecule has 0 bridgehead atoms. The Balaban J connectivity index is 2.35. The summed E-state index contributed by atoms with van der Waals surface area (Å²) >= 11 is 3.94. The Hall–Kier alpha value is -1.68. The average Bonchev–Trinajstić information content (AvgIpc) is 2.83. The summed E-state index contributed by atoms with van der Waals surface area (Å²) in [5.74, 6) is 0.0722. The van der Waals surface area contributed by atoms with E-state index in [-0.39, 0.29) is 11.7 Å². The second kappa shape index (κ2) is 4.90. The number of nitrogens with zero attached hydrogens (tertiary/aromatic N) is 1. The fourth-order valence-electron chi connectivity index (χ4n) is 1.49. The third kappa shape index (κ3) is 2.28. The minimum Gasteiger partial charge on any atom is -0.324 e. The van der Waals surface area contributed by atoms with Crippen LogP contribution in [0.3, 0.4) is 0 Å². The highest BCUT2D eigenvalue weighted by molar-refractivity contribution is 7.81. The Kier molecular flexibility index (Phi) is 3.31. The van der Waals surface area contributed by atoms with E-state index in [1.807, 2.05) is 53.4 Å². The molecule has 0 unspecified atom stereocenters. The molecule has 82 valence electrons. The van der Waals surface area contributed by atoms with Gasteiger partial charge in [-0.2, -0.15) is 12.6 Å². The van der Waals surface area contributed by atoms with Crippen molar-refractivity contribution in [1.82, 2.24) is 4.57 Å². The normalized spacial score (nSPS) is 10.1. The number of thiol groups is 1. The van der Waals surface area contributed by atoms with Crippen LogP contribution in [-0.2, 0) is 4.79 Å². The molecule has 4 heteroatoms. The summed E-state index contributed by atoms with van der Waals surface area (Å²) in [5.41, 5.74) is 1.74. The van der Waals surface area contributed by atoms with Crippen molar-refractivity contribution in [3.8, 4) is 5.69 Å². The van der Waals surface area contributed by atoms with E-state index in [1.165, 1.54) is 0 Å². The number of hydrogen-bond donors (Lipinski definition) is 2. The molecule has 0 fully saturated rings. The quantitative estimate of drug-likeness (QED) is 0.783. The first-order valence-corrected chi connectivity index (χ1v) is 5.57. The summed E-state index contributed by atoms with van der Waals surface area (Å²) < 4.78 is 1.95. The molecule has 1 amide bonds. The largest absolute Gasteiger partial charge is 0.324 e. The minimum absolute atomic E-state index is 0.108. The van der Waals surface area contributed by atoms with Gasteiger partial charge in [0.2, 0.25) is 5.91 Å². The smallest absolute Gasteiger partial charge is 0.234 e. The summed E-state index contributed by atoms with van der Waals surface area (Å²) in [6.07, 6.45) is 3.87. The molecule has 3 nitrogen and oxygen atoms in total. The number of rotatable bonds is 3. The molecule has 0 saturated carbocycles. The fourth-order valence-corrected chi connectivity index (χ4v) is 1.57. The van der Waals surface area contributed by atoms with Crippen LogP contribution in [-0.4, -0.2) is 16.2 Å². The molecule has 16 heavy (non-hydrogen) atoms. The Morgan fingerprint density at radius 2 is 1.88 bits per heavy atom. The summed E-state index contributed by atoms with van der Waals surface area (Å²) in [6.45, 7) is 0. The fraction of sp³-hybridized carbons (Fsp3) is 0.0833. The maximum atomic E-state index is 11.3. The number of amides is 1. The van der Waals surface area contributed by atoms with Crippen molar-refractivity contribution >= 4 is 24.2 Å². The first-order valence-electron chi connectivity index (χ1n) is 4.94. The van der Waals surface area contributed by atoms with Crippen LogP contribution in [0.4, 0.5) is 5.69 Å². The van der Waals surface area contributed by atoms with Crippen LogP contribution in [0.5, 0.6) is 0 Å². The number of para-hydroxylation sites is 2. The van der Waals surface area contributed by atoms with Crippen molar-refractivity contribution in [3.63, 3.8) is 0 Å². The molecule has 1 aromatic heterocycles. The number of nitrogens with one attached hydrogen (secondary N) is 1. The maximum absolute atomic E-state index is 11.3. The standard InChI is InChI=1S/C12H12N2OS/c15-12(9-16)13-10-5-1-2-6-11(10)14-7-3-4-8-14/h1-8,16H,9H2,(H,13,15). The van der Waals surface area contributed by atoms with Gasteiger partial charge >= 0.3 is 0 Å². The molecule has 0 radical (unpaired) electrons. The molecule has 0 aliphatic rings. The number of benzene rings is 1. The van der Waals surface area contributed by atoms with Gasteiger partial charge in [-0.15, -0.1) is 0 Å². The topological polar surface area (TPSA) is 34.0 Å². The highest BCUT2D eigenvalue weighted by atomic mass is 32.1. The van der Waals surface area contributed by atoms with Crippen molar-refractivity contribution in [1.29, 1.82) is 0 Å². The van der Waals surface area contributed by atoms with Crippen LogP contribution >= 0.6 is 12.6 Å². The second-order valence-electron chi connectivity index (χ2n) is 3.31. The van der Waals surface area contributed by atoms with Crippen LogP contribution in [0.1, 0.15) is 0 Å². The lowest BCUT2D eigenvalue weighted by atomic mass is 10.2. The molecule has 0 aliphatic carbocycles. The first kappa shape index (κ1) is 10.8.